The normalized spacial score (nSPS) is 20.4. The molecule has 0 unspecified atom stereocenters. The molecule has 2 atom stereocenters. The first kappa shape index (κ1) is 21.9. The third kappa shape index (κ3) is 4.07. The Morgan fingerprint density at radius 3 is 2.71 bits per heavy atom. The minimum atomic E-state index is -0.810. The van der Waals surface area contributed by atoms with E-state index in [4.69, 9.17) is 16.2 Å². The number of aromatic nitrogens is 4. The van der Waals surface area contributed by atoms with Gasteiger partial charge in [-0.3, -0.25) is 9.59 Å². The molecule has 34 heavy (non-hydrogen) atoms. The minimum absolute atomic E-state index is 0.0153. The number of amides is 2. The molecule has 12 heteroatoms. The lowest BCUT2D eigenvalue weighted by molar-refractivity contribution is -0.128. The number of benzene rings is 1. The predicted molar refractivity (Wildman–Crippen MR) is 123 cm³/mol. The Labute approximate surface area is 195 Å². The van der Waals surface area contributed by atoms with Crippen molar-refractivity contribution in [2.45, 2.75) is 25.0 Å². The molecule has 2 aromatic heterocycles. The molecule has 2 saturated heterocycles. The smallest absolute Gasteiger partial charge is 0.254 e. The number of anilines is 2. The van der Waals surface area contributed by atoms with Crippen LogP contribution in [0.2, 0.25) is 0 Å². The molecule has 5 rings (SSSR count). The second-order valence-electron chi connectivity index (χ2n) is 8.49. The maximum absolute atomic E-state index is 13.1. The van der Waals surface area contributed by atoms with Crippen LogP contribution in [-0.2, 0) is 4.79 Å². The highest BCUT2D eigenvalue weighted by atomic mass is 16.5. The topological polar surface area (TPSA) is 166 Å². The van der Waals surface area contributed by atoms with Crippen LogP contribution in [0.3, 0.4) is 0 Å². The number of fused-ring (bicyclic) bond motifs is 1. The number of aliphatic hydroxyl groups is 1. The van der Waals surface area contributed by atoms with Crippen LogP contribution >= 0.6 is 0 Å². The molecule has 4 heterocycles. The van der Waals surface area contributed by atoms with Gasteiger partial charge in [-0.15, -0.1) is 0 Å². The summed E-state index contributed by atoms with van der Waals surface area (Å²) in [5.41, 5.74) is 12.9. The highest BCUT2D eigenvalue weighted by Gasteiger charge is 2.36. The van der Waals surface area contributed by atoms with Crippen LogP contribution in [0.5, 0.6) is 5.75 Å². The van der Waals surface area contributed by atoms with E-state index in [9.17, 15) is 14.7 Å². The number of rotatable bonds is 6. The number of hydrogen-bond acceptors (Lipinski definition) is 9. The van der Waals surface area contributed by atoms with Crippen LogP contribution in [0.15, 0.2) is 30.6 Å². The molecule has 0 spiro atoms. The molecular formula is C22H26N8O4. The Kier molecular flexibility index (Phi) is 5.65. The summed E-state index contributed by atoms with van der Waals surface area (Å²) in [6.07, 6.45) is 2.22. The summed E-state index contributed by atoms with van der Waals surface area (Å²) in [6, 6.07) is 6.40. The zero-order valence-corrected chi connectivity index (χ0v) is 18.5. The van der Waals surface area contributed by atoms with Gasteiger partial charge < -0.3 is 35.7 Å². The Morgan fingerprint density at radius 2 is 1.97 bits per heavy atom. The summed E-state index contributed by atoms with van der Waals surface area (Å²) in [5, 5.41) is 10.7. The summed E-state index contributed by atoms with van der Waals surface area (Å²) in [7, 11) is 0. The van der Waals surface area contributed by atoms with E-state index in [-0.39, 0.29) is 36.7 Å². The van der Waals surface area contributed by atoms with Crippen molar-refractivity contribution in [2.24, 2.45) is 0 Å². The van der Waals surface area contributed by atoms with Crippen LogP contribution in [0.25, 0.3) is 11.2 Å². The molecule has 5 N–H and O–H groups in total. The number of hydrogen-bond donors (Lipinski definition) is 3. The van der Waals surface area contributed by atoms with Crippen molar-refractivity contribution in [1.82, 2.24) is 29.3 Å². The van der Waals surface area contributed by atoms with Crippen molar-refractivity contribution in [3.8, 4) is 5.75 Å². The molecule has 2 aliphatic heterocycles. The molecule has 2 aliphatic rings. The maximum atomic E-state index is 13.1. The van der Waals surface area contributed by atoms with Gasteiger partial charge in [0.05, 0.1) is 25.0 Å². The fraction of sp³-hybridized carbons (Fsp3) is 0.409. The molecule has 12 nitrogen and oxygen atoms in total. The lowest BCUT2D eigenvalue weighted by Crippen LogP contribution is -2.30. The Hall–Kier alpha value is -3.93. The Bertz CT molecular complexity index is 1230. The van der Waals surface area contributed by atoms with Crippen molar-refractivity contribution in [3.05, 3.63) is 36.2 Å². The van der Waals surface area contributed by atoms with E-state index in [0.717, 1.165) is 13.0 Å². The zero-order chi connectivity index (χ0) is 23.8. The predicted octanol–water partition coefficient (Wildman–Crippen LogP) is 0.0499. The first-order valence-electron chi connectivity index (χ1n) is 11.1. The lowest BCUT2D eigenvalue weighted by atomic mass is 10.2. The third-order valence-electron chi connectivity index (χ3n) is 6.27. The number of carbonyl (C=O) groups excluding carboxylic acids is 2. The quantitative estimate of drug-likeness (QED) is 0.455. The van der Waals surface area contributed by atoms with Crippen molar-refractivity contribution in [2.75, 3.05) is 44.3 Å². The molecule has 3 aromatic rings. The van der Waals surface area contributed by atoms with Crippen molar-refractivity contribution in [3.63, 3.8) is 0 Å². The van der Waals surface area contributed by atoms with Crippen molar-refractivity contribution >= 4 is 34.7 Å². The molecule has 0 saturated carbocycles. The van der Waals surface area contributed by atoms with E-state index >= 15 is 0 Å². The van der Waals surface area contributed by atoms with Gasteiger partial charge in [0.2, 0.25) is 11.9 Å². The summed E-state index contributed by atoms with van der Waals surface area (Å²) in [5.74, 6) is 0.771. The van der Waals surface area contributed by atoms with Gasteiger partial charge in [0.15, 0.2) is 11.5 Å². The van der Waals surface area contributed by atoms with E-state index in [1.165, 1.54) is 6.33 Å². The number of β-amino-alcohol motifs (C(OH)–C–C–N with tert-alkyl or cyclic N) is 1. The molecule has 0 aliphatic carbocycles. The van der Waals surface area contributed by atoms with Gasteiger partial charge in [-0.25, -0.2) is 4.98 Å². The second kappa shape index (κ2) is 8.78. The maximum Gasteiger partial charge on any atom is 0.254 e. The summed E-state index contributed by atoms with van der Waals surface area (Å²) >= 11 is 0. The van der Waals surface area contributed by atoms with E-state index in [1.807, 2.05) is 0 Å². The zero-order valence-electron chi connectivity index (χ0n) is 18.5. The number of aliphatic hydroxyl groups excluding tert-OH is 1. The highest BCUT2D eigenvalue weighted by molar-refractivity contribution is 5.94. The molecule has 0 bridgehead atoms. The SMILES string of the molecule is Nc1nc(N)c2ncn([C@H]3CN(C(=O)c4ccc(OCCN5CCCC5=O)cc4)C[C@@H]3O)c2n1. The van der Waals surface area contributed by atoms with Crippen LogP contribution in [0.4, 0.5) is 11.8 Å². The van der Waals surface area contributed by atoms with E-state index in [0.29, 0.717) is 42.0 Å². The highest BCUT2D eigenvalue weighted by Crippen LogP contribution is 2.28. The van der Waals surface area contributed by atoms with E-state index in [1.54, 1.807) is 38.6 Å². The first-order chi connectivity index (χ1) is 16.4. The summed E-state index contributed by atoms with van der Waals surface area (Å²) < 4.78 is 7.40. The van der Waals surface area contributed by atoms with Gasteiger partial charge in [0, 0.05) is 31.6 Å². The molecule has 178 valence electrons. The number of nitrogen functional groups attached to an aromatic ring is 2. The molecule has 2 fully saturated rings. The average Bonchev–Trinajstić information content (AvgIpc) is 3.52. The van der Waals surface area contributed by atoms with E-state index in [2.05, 4.69) is 15.0 Å². The van der Waals surface area contributed by atoms with Gasteiger partial charge in [-0.1, -0.05) is 0 Å². The molecule has 0 radical (unpaired) electrons. The number of imidazole rings is 1. The largest absolute Gasteiger partial charge is 0.492 e. The fourth-order valence-corrected chi connectivity index (χ4v) is 4.50. The van der Waals surface area contributed by atoms with E-state index < -0.39 is 12.1 Å². The molecule has 2 amide bonds. The van der Waals surface area contributed by atoms with Gasteiger partial charge >= 0.3 is 0 Å². The number of nitrogens with zero attached hydrogens (tertiary/aromatic N) is 6. The van der Waals surface area contributed by atoms with Crippen LogP contribution < -0.4 is 16.2 Å². The molecular weight excluding hydrogens is 440 g/mol. The van der Waals surface area contributed by atoms with Crippen molar-refractivity contribution in [1.29, 1.82) is 0 Å². The Balaban J connectivity index is 1.23. The number of carbonyl (C=O) groups is 2. The van der Waals surface area contributed by atoms with Crippen LogP contribution in [-0.4, -0.2) is 85.1 Å². The van der Waals surface area contributed by atoms with Gasteiger partial charge in [0.25, 0.3) is 5.91 Å². The minimum Gasteiger partial charge on any atom is -0.492 e. The monoisotopic (exact) mass is 466 g/mol. The number of nitrogens with two attached hydrogens (primary N) is 2. The Morgan fingerprint density at radius 1 is 1.18 bits per heavy atom. The fourth-order valence-electron chi connectivity index (χ4n) is 4.50. The van der Waals surface area contributed by atoms with Gasteiger partial charge in [0.1, 0.15) is 17.9 Å². The standard InChI is InChI=1S/C22H26N8O4/c23-19-18-20(27-22(24)26-19)30(12-25-18)15-10-29(11-16(15)31)21(33)13-3-5-14(6-4-13)34-9-8-28-7-1-2-17(28)32/h3-6,12,15-16,31H,1-2,7-11H2,(H4,23,24,26,27)/t15-,16-/m0/s1. The van der Waals surface area contributed by atoms with Gasteiger partial charge in [-0.05, 0) is 30.7 Å². The number of ether oxygens (including phenoxy) is 1. The molecule has 1 aromatic carbocycles. The third-order valence-corrected chi connectivity index (χ3v) is 6.27. The first-order valence-corrected chi connectivity index (χ1v) is 11.1. The second-order valence-corrected chi connectivity index (χ2v) is 8.49. The average molecular weight is 467 g/mol. The van der Waals surface area contributed by atoms with Crippen LogP contribution in [0.1, 0.15) is 29.2 Å². The van der Waals surface area contributed by atoms with Crippen LogP contribution in [0, 0.1) is 0 Å². The van der Waals surface area contributed by atoms with Crippen molar-refractivity contribution < 1.29 is 19.4 Å². The lowest BCUT2D eigenvalue weighted by Gasteiger charge is -2.18. The summed E-state index contributed by atoms with van der Waals surface area (Å²) in [4.78, 5) is 40.5. The van der Waals surface area contributed by atoms with Gasteiger partial charge in [-0.2, -0.15) is 9.97 Å². The summed E-state index contributed by atoms with van der Waals surface area (Å²) in [6.45, 7) is 2.17. The number of likely N-dealkylation sites (tertiary alicyclic amines) is 2.